The summed E-state index contributed by atoms with van der Waals surface area (Å²) >= 11 is 0. The largest absolute Gasteiger partial charge is 0.357 e. The summed E-state index contributed by atoms with van der Waals surface area (Å²) < 4.78 is 0. The number of rotatable bonds is 3. The monoisotopic (exact) mass is 337 g/mol. The van der Waals surface area contributed by atoms with Crippen LogP contribution in [0.15, 0.2) is 30.3 Å². The fourth-order valence-corrected chi connectivity index (χ4v) is 3.86. The van der Waals surface area contributed by atoms with Gasteiger partial charge in [-0.3, -0.25) is 5.10 Å². The Balaban J connectivity index is 1.46. The Bertz CT molecular complexity index is 857. The van der Waals surface area contributed by atoms with E-state index in [2.05, 4.69) is 32.6 Å². The zero-order valence-corrected chi connectivity index (χ0v) is 14.6. The minimum absolute atomic E-state index is 0.0128. The van der Waals surface area contributed by atoms with Crippen LogP contribution in [0.25, 0.3) is 10.9 Å². The highest BCUT2D eigenvalue weighted by molar-refractivity contribution is 5.80. The molecular formula is C19H23N5O. The van der Waals surface area contributed by atoms with E-state index in [1.165, 1.54) is 5.56 Å². The fourth-order valence-electron chi connectivity index (χ4n) is 3.86. The number of carbonyl (C=O) groups is 1. The first kappa shape index (κ1) is 15.7. The van der Waals surface area contributed by atoms with Crippen LogP contribution in [-0.2, 0) is 6.54 Å². The lowest BCUT2D eigenvalue weighted by molar-refractivity contribution is 0.192. The fraction of sp³-hybridized carbons (Fsp3) is 0.368. The van der Waals surface area contributed by atoms with Crippen molar-refractivity contribution in [2.24, 2.45) is 0 Å². The molecule has 1 atom stereocenters. The second kappa shape index (κ2) is 6.27. The predicted octanol–water partition coefficient (Wildman–Crippen LogP) is 3.55. The van der Waals surface area contributed by atoms with Crippen molar-refractivity contribution in [3.8, 4) is 0 Å². The van der Waals surface area contributed by atoms with Crippen molar-refractivity contribution in [1.29, 1.82) is 0 Å². The number of carbonyl (C=O) groups excluding carboxylic acids is 1. The van der Waals surface area contributed by atoms with Crippen LogP contribution in [0.2, 0.25) is 0 Å². The van der Waals surface area contributed by atoms with E-state index in [1.54, 1.807) is 0 Å². The number of urea groups is 1. The number of benzene rings is 1. The van der Waals surface area contributed by atoms with Crippen molar-refractivity contribution in [3.05, 3.63) is 53.0 Å². The van der Waals surface area contributed by atoms with E-state index in [9.17, 15) is 4.79 Å². The molecule has 2 aromatic heterocycles. The molecule has 6 heteroatoms. The van der Waals surface area contributed by atoms with Crippen LogP contribution < -0.4 is 5.32 Å². The standard InChI is InChI=1S/C19H23N5O/c1-12-18(13(2)23-22-12)17-8-5-9-24(17)19(25)20-11-15-10-14-6-3-4-7-16(14)21-15/h3-4,6-7,10,17,21H,5,8-9,11H2,1-2H3,(H,20,25)(H,22,23)/t17-/m1/s1. The number of fused-ring (bicyclic) bond motifs is 1. The van der Waals surface area contributed by atoms with Gasteiger partial charge in [-0.05, 0) is 44.2 Å². The summed E-state index contributed by atoms with van der Waals surface area (Å²) in [5.41, 5.74) is 5.31. The van der Waals surface area contributed by atoms with Crippen LogP contribution in [0.1, 0.15) is 41.5 Å². The molecule has 0 radical (unpaired) electrons. The van der Waals surface area contributed by atoms with Crippen molar-refractivity contribution in [2.45, 2.75) is 39.3 Å². The van der Waals surface area contributed by atoms with Crippen LogP contribution in [0.5, 0.6) is 0 Å². The van der Waals surface area contributed by atoms with Gasteiger partial charge in [0, 0.05) is 29.0 Å². The van der Waals surface area contributed by atoms with Gasteiger partial charge in [0.15, 0.2) is 0 Å². The molecule has 1 fully saturated rings. The molecule has 3 aromatic rings. The molecule has 0 bridgehead atoms. The molecular weight excluding hydrogens is 314 g/mol. The summed E-state index contributed by atoms with van der Waals surface area (Å²) in [5.74, 6) is 0. The number of aromatic amines is 2. The Morgan fingerprint density at radius 2 is 2.20 bits per heavy atom. The van der Waals surface area contributed by atoms with Crippen LogP contribution >= 0.6 is 0 Å². The Labute approximate surface area is 146 Å². The molecule has 25 heavy (non-hydrogen) atoms. The Morgan fingerprint density at radius 3 is 2.96 bits per heavy atom. The minimum Gasteiger partial charge on any atom is -0.357 e. The summed E-state index contributed by atoms with van der Waals surface area (Å²) in [6, 6.07) is 10.3. The van der Waals surface area contributed by atoms with Gasteiger partial charge in [0.05, 0.1) is 18.3 Å². The molecule has 0 unspecified atom stereocenters. The van der Waals surface area contributed by atoms with Gasteiger partial charge >= 0.3 is 6.03 Å². The number of aromatic nitrogens is 3. The van der Waals surface area contributed by atoms with Crippen molar-refractivity contribution in [3.63, 3.8) is 0 Å². The van der Waals surface area contributed by atoms with E-state index >= 15 is 0 Å². The third kappa shape index (κ3) is 2.88. The van der Waals surface area contributed by atoms with Crippen molar-refractivity contribution in [2.75, 3.05) is 6.54 Å². The number of hydrogen-bond acceptors (Lipinski definition) is 2. The van der Waals surface area contributed by atoms with E-state index in [0.717, 1.165) is 47.4 Å². The molecule has 1 saturated heterocycles. The van der Waals surface area contributed by atoms with Gasteiger partial charge in [-0.2, -0.15) is 5.10 Å². The number of amides is 2. The highest BCUT2D eigenvalue weighted by Gasteiger charge is 2.32. The van der Waals surface area contributed by atoms with Gasteiger partial charge in [0.1, 0.15) is 0 Å². The number of nitrogens with zero attached hydrogens (tertiary/aromatic N) is 2. The number of H-pyrrole nitrogens is 2. The number of aryl methyl sites for hydroxylation is 2. The summed E-state index contributed by atoms with van der Waals surface area (Å²) in [6.45, 7) is 5.30. The van der Waals surface area contributed by atoms with E-state index in [4.69, 9.17) is 0 Å². The van der Waals surface area contributed by atoms with Gasteiger partial charge in [-0.25, -0.2) is 4.79 Å². The second-order valence-electron chi connectivity index (χ2n) is 6.74. The highest BCUT2D eigenvalue weighted by atomic mass is 16.2. The van der Waals surface area contributed by atoms with E-state index < -0.39 is 0 Å². The molecule has 0 spiro atoms. The maximum atomic E-state index is 12.7. The first-order chi connectivity index (χ1) is 12.1. The van der Waals surface area contributed by atoms with Gasteiger partial charge < -0.3 is 15.2 Å². The zero-order valence-electron chi connectivity index (χ0n) is 14.6. The van der Waals surface area contributed by atoms with E-state index in [1.807, 2.05) is 36.9 Å². The number of likely N-dealkylation sites (tertiary alicyclic amines) is 1. The molecule has 2 amide bonds. The summed E-state index contributed by atoms with van der Waals surface area (Å²) in [4.78, 5) is 18.0. The molecule has 130 valence electrons. The van der Waals surface area contributed by atoms with Gasteiger partial charge in [0.2, 0.25) is 0 Å². The maximum absolute atomic E-state index is 12.7. The number of hydrogen-bond donors (Lipinski definition) is 3. The quantitative estimate of drug-likeness (QED) is 0.683. The third-order valence-corrected chi connectivity index (χ3v) is 5.05. The molecule has 3 heterocycles. The van der Waals surface area contributed by atoms with Crippen LogP contribution in [0.3, 0.4) is 0 Å². The first-order valence-electron chi connectivity index (χ1n) is 8.76. The lowest BCUT2D eigenvalue weighted by Crippen LogP contribution is -2.39. The predicted molar refractivity (Wildman–Crippen MR) is 97.3 cm³/mol. The first-order valence-corrected chi connectivity index (χ1v) is 8.76. The molecule has 6 nitrogen and oxygen atoms in total. The topological polar surface area (TPSA) is 76.8 Å². The van der Waals surface area contributed by atoms with Crippen molar-refractivity contribution < 1.29 is 4.79 Å². The normalized spacial score (nSPS) is 17.4. The Hall–Kier alpha value is -2.76. The van der Waals surface area contributed by atoms with Crippen molar-refractivity contribution >= 4 is 16.9 Å². The summed E-state index contributed by atoms with van der Waals surface area (Å²) in [6.07, 6.45) is 2.01. The smallest absolute Gasteiger partial charge is 0.318 e. The van der Waals surface area contributed by atoms with E-state index in [0.29, 0.717) is 6.54 Å². The Kier molecular flexibility index (Phi) is 3.95. The van der Waals surface area contributed by atoms with E-state index in [-0.39, 0.29) is 12.1 Å². The van der Waals surface area contributed by atoms with Gasteiger partial charge in [-0.15, -0.1) is 0 Å². The molecule has 1 aliphatic heterocycles. The minimum atomic E-state index is -0.0128. The molecule has 0 aliphatic carbocycles. The van der Waals surface area contributed by atoms with Gasteiger partial charge in [-0.1, -0.05) is 18.2 Å². The van der Waals surface area contributed by atoms with Gasteiger partial charge in [0.25, 0.3) is 0 Å². The Morgan fingerprint density at radius 1 is 1.36 bits per heavy atom. The van der Waals surface area contributed by atoms with Crippen LogP contribution in [0.4, 0.5) is 4.79 Å². The third-order valence-electron chi connectivity index (χ3n) is 5.05. The second-order valence-corrected chi connectivity index (χ2v) is 6.74. The molecule has 1 aromatic carbocycles. The molecule has 4 rings (SSSR count). The molecule has 1 aliphatic rings. The summed E-state index contributed by atoms with van der Waals surface area (Å²) in [5, 5.41) is 11.5. The molecule has 3 N–H and O–H groups in total. The SMILES string of the molecule is Cc1n[nH]c(C)c1[C@H]1CCCN1C(=O)NCc1cc2ccccc2[nH]1. The highest BCUT2D eigenvalue weighted by Crippen LogP contribution is 2.34. The lowest BCUT2D eigenvalue weighted by Gasteiger charge is -2.25. The molecule has 0 saturated carbocycles. The summed E-state index contributed by atoms with van der Waals surface area (Å²) in [7, 11) is 0. The maximum Gasteiger partial charge on any atom is 0.318 e. The average molecular weight is 337 g/mol. The van der Waals surface area contributed by atoms with Crippen LogP contribution in [-0.4, -0.2) is 32.7 Å². The van der Waals surface area contributed by atoms with Crippen molar-refractivity contribution in [1.82, 2.24) is 25.4 Å². The average Bonchev–Trinajstić information content (AvgIpc) is 3.31. The number of para-hydroxylation sites is 1. The zero-order chi connectivity index (χ0) is 17.4. The lowest BCUT2D eigenvalue weighted by atomic mass is 10.0. The number of nitrogens with one attached hydrogen (secondary N) is 3. The van der Waals surface area contributed by atoms with Crippen LogP contribution in [0, 0.1) is 13.8 Å².